The lowest BCUT2D eigenvalue weighted by Gasteiger charge is -1.43. The summed E-state index contributed by atoms with van der Waals surface area (Å²) >= 11 is 4.55. The maximum atomic E-state index is 2.28. The van der Waals surface area contributed by atoms with Crippen LogP contribution in [0.3, 0.4) is 0 Å². The molecule has 0 radical (unpaired) electrons. The Bertz CT molecular complexity index is 9.65. The highest BCUT2D eigenvalue weighted by Crippen LogP contribution is 1.86. The quantitative estimate of drug-likeness (QED) is 0.421. The topological polar surface area (TPSA) is 0 Å². The van der Waals surface area contributed by atoms with Crippen LogP contribution >= 0.6 is 94.8 Å². The van der Waals surface area contributed by atoms with E-state index in [0.717, 1.165) is 0 Å². The van der Waals surface area contributed by atoms with E-state index in [9.17, 15) is 0 Å². The Kier molecular flexibility index (Phi) is 183. The van der Waals surface area contributed by atoms with E-state index < -0.39 is 0 Å². The molecule has 0 heterocycles. The Hall–Kier alpha value is 2.62. The molecule has 7 heavy (non-hydrogen) atoms. The Morgan fingerprint density at radius 2 is 0.714 bits per heavy atom. The van der Waals surface area contributed by atoms with E-state index in [1.165, 1.54) is 2.43 Å². The van der Waals surface area contributed by atoms with Crippen LogP contribution in [0.4, 0.5) is 0 Å². The van der Waals surface area contributed by atoms with Gasteiger partial charge in [0, 0.05) is 0 Å². The molecular formula is CH6Cl4I2. The van der Waals surface area contributed by atoms with Crippen molar-refractivity contribution in [1.82, 2.24) is 0 Å². The van der Waals surface area contributed by atoms with Crippen molar-refractivity contribution in [2.24, 2.45) is 0 Å². The van der Waals surface area contributed by atoms with Gasteiger partial charge in [-0.3, -0.25) is 0 Å². The zero-order chi connectivity index (χ0) is 2.71. The van der Waals surface area contributed by atoms with Crippen LogP contribution in [0.25, 0.3) is 0 Å². The van der Waals surface area contributed by atoms with Gasteiger partial charge in [0.15, 0.2) is 0 Å². The third kappa shape index (κ3) is 55.0. The van der Waals surface area contributed by atoms with Crippen LogP contribution in [0.2, 0.25) is 0 Å². The molecule has 0 aliphatic rings. The van der Waals surface area contributed by atoms with Crippen molar-refractivity contribution in [1.29, 1.82) is 0 Å². The maximum absolute atomic E-state index is 2.28. The lowest BCUT2D eigenvalue weighted by Crippen LogP contribution is -1.17. The fourth-order valence-corrected chi connectivity index (χ4v) is 0. The van der Waals surface area contributed by atoms with Crippen LogP contribution in [0.1, 0.15) is 0 Å². The fraction of sp³-hybridized carbons (Fsp3) is 1.00. The molecule has 0 aromatic rings. The molecule has 0 rings (SSSR count). The van der Waals surface area contributed by atoms with E-state index >= 15 is 0 Å². The first-order valence-electron chi connectivity index (χ1n) is 0.535. The highest BCUT2D eigenvalue weighted by Gasteiger charge is 1.40. The second-order valence-corrected chi connectivity index (χ2v) is 4.55. The lowest BCUT2D eigenvalue weighted by molar-refractivity contribution is 2.58. The van der Waals surface area contributed by atoms with Gasteiger partial charge in [-0.1, -0.05) is 45.2 Å². The minimum absolute atomic E-state index is 0. The Morgan fingerprint density at radius 1 is 0.714 bits per heavy atom. The molecule has 0 nitrogen and oxygen atoms in total. The van der Waals surface area contributed by atoms with Crippen molar-refractivity contribution >= 4 is 94.8 Å². The van der Waals surface area contributed by atoms with Crippen LogP contribution in [0.15, 0.2) is 0 Å². The first-order valence-corrected chi connectivity index (χ1v) is 3.59. The summed E-state index contributed by atoms with van der Waals surface area (Å²) in [5.74, 6) is 0. The molecule has 0 aliphatic heterocycles. The van der Waals surface area contributed by atoms with Gasteiger partial charge in [-0.05, 0) is 0 Å². The number of halogens is 6. The van der Waals surface area contributed by atoms with Crippen molar-refractivity contribution in [3.8, 4) is 0 Å². The molecule has 0 saturated heterocycles. The molecule has 0 fully saturated rings. The Balaban J connectivity index is -0.00000000333. The van der Waals surface area contributed by atoms with E-state index in [-0.39, 0.29) is 49.6 Å². The van der Waals surface area contributed by atoms with Crippen molar-refractivity contribution in [2.45, 2.75) is 0 Å². The van der Waals surface area contributed by atoms with Gasteiger partial charge < -0.3 is 0 Å². The van der Waals surface area contributed by atoms with Crippen LogP contribution in [0, 0.1) is 0 Å². The number of alkyl halides is 2. The zero-order valence-corrected chi connectivity index (χ0v) is 10.7. The molecule has 0 saturated carbocycles. The van der Waals surface area contributed by atoms with Gasteiger partial charge in [0.1, 0.15) is 0 Å². The Morgan fingerprint density at radius 3 is 0.714 bits per heavy atom. The monoisotopic (exact) mass is 412 g/mol. The van der Waals surface area contributed by atoms with Gasteiger partial charge in [0.05, 0.1) is 2.43 Å². The molecule has 0 N–H and O–H groups in total. The van der Waals surface area contributed by atoms with Crippen molar-refractivity contribution in [3.63, 3.8) is 0 Å². The highest BCUT2D eigenvalue weighted by atomic mass is 127. The van der Waals surface area contributed by atoms with Gasteiger partial charge in [-0.25, -0.2) is 0 Å². The summed E-state index contributed by atoms with van der Waals surface area (Å²) in [7, 11) is 0. The third-order valence-corrected chi connectivity index (χ3v) is 0. The van der Waals surface area contributed by atoms with E-state index in [1.807, 2.05) is 0 Å². The second-order valence-electron chi connectivity index (χ2n) is 0.101. The predicted octanol–water partition coefficient (Wildman–Crippen LogP) is 3.50. The lowest BCUT2D eigenvalue weighted by atomic mass is 12.0. The summed E-state index contributed by atoms with van der Waals surface area (Å²) < 4.78 is 1.19. The SMILES string of the molecule is Cl.Cl.Cl.Cl.ICI. The molecule has 0 unspecified atom stereocenters. The summed E-state index contributed by atoms with van der Waals surface area (Å²) in [6.07, 6.45) is 0. The van der Waals surface area contributed by atoms with E-state index in [4.69, 9.17) is 0 Å². The van der Waals surface area contributed by atoms with Crippen LogP contribution < -0.4 is 0 Å². The van der Waals surface area contributed by atoms with Gasteiger partial charge in [-0.15, -0.1) is 49.6 Å². The van der Waals surface area contributed by atoms with Gasteiger partial charge in [0.25, 0.3) is 0 Å². The minimum Gasteiger partial charge on any atom is -0.147 e. The summed E-state index contributed by atoms with van der Waals surface area (Å²) in [6, 6.07) is 0. The van der Waals surface area contributed by atoms with Crippen molar-refractivity contribution in [2.75, 3.05) is 2.43 Å². The molecule has 0 spiro atoms. The molecular weight excluding hydrogens is 408 g/mol. The van der Waals surface area contributed by atoms with Crippen LogP contribution in [-0.4, -0.2) is 2.43 Å². The standard InChI is InChI=1S/CH2I2.4ClH/c2-1-3;;;;/h1H2;4*1H. The average molecular weight is 414 g/mol. The highest BCUT2D eigenvalue weighted by molar-refractivity contribution is 14.2. The molecule has 6 heteroatoms. The van der Waals surface area contributed by atoms with Crippen LogP contribution in [-0.2, 0) is 0 Å². The summed E-state index contributed by atoms with van der Waals surface area (Å²) in [6.45, 7) is 0. The molecule has 0 aromatic heterocycles. The first-order chi connectivity index (χ1) is 1.41. The van der Waals surface area contributed by atoms with Gasteiger partial charge in [-0.2, -0.15) is 0 Å². The van der Waals surface area contributed by atoms with E-state index in [2.05, 4.69) is 45.2 Å². The number of rotatable bonds is 0. The first kappa shape index (κ1) is 33.5. The van der Waals surface area contributed by atoms with Gasteiger partial charge >= 0.3 is 0 Å². The number of hydrogen-bond acceptors (Lipinski definition) is 0. The van der Waals surface area contributed by atoms with Crippen LogP contribution in [0.5, 0.6) is 0 Å². The molecule has 0 amide bonds. The third-order valence-electron chi connectivity index (χ3n) is 0. The summed E-state index contributed by atoms with van der Waals surface area (Å²) in [5.41, 5.74) is 0. The molecule has 0 bridgehead atoms. The van der Waals surface area contributed by atoms with Crippen molar-refractivity contribution in [3.05, 3.63) is 0 Å². The van der Waals surface area contributed by atoms with E-state index in [1.54, 1.807) is 0 Å². The molecule has 0 atom stereocenters. The van der Waals surface area contributed by atoms with E-state index in [0.29, 0.717) is 0 Å². The summed E-state index contributed by atoms with van der Waals surface area (Å²) in [4.78, 5) is 0. The summed E-state index contributed by atoms with van der Waals surface area (Å²) in [5, 5.41) is 0. The molecule has 0 aromatic carbocycles. The predicted molar refractivity (Wildman–Crippen MR) is 61.9 cm³/mol. The zero-order valence-electron chi connectivity index (χ0n) is 3.10. The molecule has 0 aliphatic carbocycles. The minimum atomic E-state index is 0. The van der Waals surface area contributed by atoms with Crippen molar-refractivity contribution < 1.29 is 0 Å². The largest absolute Gasteiger partial charge is 0.147 e. The van der Waals surface area contributed by atoms with Gasteiger partial charge in [0.2, 0.25) is 0 Å². The Labute approximate surface area is 95.9 Å². The maximum Gasteiger partial charge on any atom is 0.0516 e. The fourth-order valence-electron chi connectivity index (χ4n) is 0. The smallest absolute Gasteiger partial charge is 0.0516 e. The number of hydrogen-bond donors (Lipinski definition) is 0. The normalized spacial score (nSPS) is 2.57. The average Bonchev–Trinajstić information content (AvgIpc) is 0.918. The molecule has 52 valence electrons. The second kappa shape index (κ2) is 38.2.